The van der Waals surface area contributed by atoms with Crippen LogP contribution in [0.2, 0.25) is 5.15 Å². The Morgan fingerprint density at radius 3 is 2.84 bits per heavy atom. The molecule has 5 nitrogen and oxygen atoms in total. The van der Waals surface area contributed by atoms with Gasteiger partial charge in [-0.15, -0.1) is 0 Å². The van der Waals surface area contributed by atoms with Crippen molar-refractivity contribution in [3.8, 4) is 0 Å². The summed E-state index contributed by atoms with van der Waals surface area (Å²) in [4.78, 5) is 15.1. The molecule has 3 heterocycles. The van der Waals surface area contributed by atoms with Crippen LogP contribution in [0, 0.1) is 0 Å². The molecule has 0 bridgehead atoms. The minimum absolute atomic E-state index is 0.297. The van der Waals surface area contributed by atoms with Crippen LogP contribution in [0.4, 0.5) is 5.82 Å². The van der Waals surface area contributed by atoms with Gasteiger partial charge in [0, 0.05) is 31.0 Å². The van der Waals surface area contributed by atoms with Crippen molar-refractivity contribution in [3.05, 3.63) is 35.3 Å². The van der Waals surface area contributed by atoms with Crippen molar-refractivity contribution in [1.82, 2.24) is 19.5 Å². The maximum absolute atomic E-state index is 6.22. The first-order valence-corrected chi connectivity index (χ1v) is 6.80. The van der Waals surface area contributed by atoms with E-state index in [2.05, 4.69) is 38.3 Å². The van der Waals surface area contributed by atoms with Gasteiger partial charge in [0.25, 0.3) is 0 Å². The number of imidazole rings is 1. The van der Waals surface area contributed by atoms with Crippen LogP contribution in [0.1, 0.15) is 31.2 Å². The summed E-state index contributed by atoms with van der Waals surface area (Å²) < 4.78 is 2.17. The monoisotopic (exact) mass is 277 g/mol. The average Bonchev–Trinajstić information content (AvgIpc) is 2.85. The molecule has 0 unspecified atom stereocenters. The molecule has 0 aliphatic carbocycles. The van der Waals surface area contributed by atoms with Crippen molar-refractivity contribution in [2.75, 3.05) is 11.4 Å². The molecule has 2 aromatic rings. The molecule has 0 saturated heterocycles. The first-order chi connectivity index (χ1) is 9.16. The Balaban J connectivity index is 1.98. The Morgan fingerprint density at radius 1 is 1.21 bits per heavy atom. The van der Waals surface area contributed by atoms with Crippen LogP contribution in [-0.4, -0.2) is 26.1 Å². The smallest absolute Gasteiger partial charge is 0.138 e. The van der Waals surface area contributed by atoms with E-state index in [4.69, 9.17) is 11.6 Å². The zero-order chi connectivity index (χ0) is 13.4. The average molecular weight is 278 g/mol. The summed E-state index contributed by atoms with van der Waals surface area (Å²) in [5.74, 6) is 2.30. The van der Waals surface area contributed by atoms with Gasteiger partial charge in [0.15, 0.2) is 0 Å². The van der Waals surface area contributed by atoms with Gasteiger partial charge in [0.05, 0.1) is 6.54 Å². The van der Waals surface area contributed by atoms with Crippen LogP contribution in [0.3, 0.4) is 0 Å². The second-order valence-electron chi connectivity index (χ2n) is 5.01. The standard InChI is InChI=1S/C13H16ClN5/c1-9(2)11-12(14)16-8-17-13(11)19-6-5-18-4-3-15-10(18)7-19/h3-4,8-9H,5-7H2,1-2H3. The SMILES string of the molecule is CC(C)c1c(Cl)ncnc1N1CCn2ccnc2C1. The van der Waals surface area contributed by atoms with Gasteiger partial charge < -0.3 is 9.47 Å². The largest absolute Gasteiger partial charge is 0.347 e. The lowest BCUT2D eigenvalue weighted by Gasteiger charge is -2.30. The lowest BCUT2D eigenvalue weighted by atomic mass is 10.1. The van der Waals surface area contributed by atoms with E-state index in [9.17, 15) is 0 Å². The molecular formula is C13H16ClN5. The highest BCUT2D eigenvalue weighted by Gasteiger charge is 2.23. The molecule has 0 radical (unpaired) electrons. The quantitative estimate of drug-likeness (QED) is 0.791. The number of fused-ring (bicyclic) bond motifs is 1. The van der Waals surface area contributed by atoms with Gasteiger partial charge in [-0.05, 0) is 5.92 Å². The summed E-state index contributed by atoms with van der Waals surface area (Å²) in [6, 6.07) is 0. The summed E-state index contributed by atoms with van der Waals surface area (Å²) in [5.41, 5.74) is 1.02. The van der Waals surface area contributed by atoms with Gasteiger partial charge in [0.2, 0.25) is 0 Å². The zero-order valence-electron chi connectivity index (χ0n) is 11.0. The van der Waals surface area contributed by atoms with Crippen LogP contribution in [-0.2, 0) is 13.1 Å². The Bertz CT molecular complexity index is 592. The lowest BCUT2D eigenvalue weighted by molar-refractivity contribution is 0.553. The number of nitrogens with zero attached hydrogens (tertiary/aromatic N) is 5. The Hall–Kier alpha value is -1.62. The van der Waals surface area contributed by atoms with Gasteiger partial charge in [0.1, 0.15) is 23.1 Å². The summed E-state index contributed by atoms with van der Waals surface area (Å²) in [6.07, 6.45) is 5.39. The van der Waals surface area contributed by atoms with Gasteiger partial charge in [-0.2, -0.15) is 0 Å². The third-order valence-electron chi connectivity index (χ3n) is 3.44. The molecule has 1 aliphatic rings. The molecule has 0 amide bonds. The normalized spacial score (nSPS) is 14.8. The number of hydrogen-bond donors (Lipinski definition) is 0. The molecular weight excluding hydrogens is 262 g/mol. The Labute approximate surface area is 117 Å². The summed E-state index contributed by atoms with van der Waals surface area (Å²) >= 11 is 6.22. The zero-order valence-corrected chi connectivity index (χ0v) is 11.8. The molecule has 0 spiro atoms. The van der Waals surface area contributed by atoms with Crippen molar-refractivity contribution in [1.29, 1.82) is 0 Å². The second kappa shape index (κ2) is 4.81. The predicted molar refractivity (Wildman–Crippen MR) is 74.4 cm³/mol. The van der Waals surface area contributed by atoms with E-state index in [0.717, 1.165) is 36.8 Å². The number of anilines is 1. The van der Waals surface area contributed by atoms with E-state index in [0.29, 0.717) is 11.1 Å². The highest BCUT2D eigenvalue weighted by Crippen LogP contribution is 2.31. The summed E-state index contributed by atoms with van der Waals surface area (Å²) in [7, 11) is 0. The molecule has 19 heavy (non-hydrogen) atoms. The van der Waals surface area contributed by atoms with E-state index >= 15 is 0 Å². The van der Waals surface area contributed by atoms with Gasteiger partial charge in [-0.1, -0.05) is 25.4 Å². The van der Waals surface area contributed by atoms with Crippen molar-refractivity contribution < 1.29 is 0 Å². The third-order valence-corrected chi connectivity index (χ3v) is 3.74. The molecule has 0 atom stereocenters. The van der Waals surface area contributed by atoms with Crippen molar-refractivity contribution in [3.63, 3.8) is 0 Å². The lowest BCUT2D eigenvalue weighted by Crippen LogP contribution is -2.35. The van der Waals surface area contributed by atoms with Gasteiger partial charge in [-0.25, -0.2) is 15.0 Å². The molecule has 1 aliphatic heterocycles. The third kappa shape index (κ3) is 2.18. The van der Waals surface area contributed by atoms with Gasteiger partial charge >= 0.3 is 0 Å². The van der Waals surface area contributed by atoms with Crippen molar-refractivity contribution in [2.24, 2.45) is 0 Å². The highest BCUT2D eigenvalue weighted by atomic mass is 35.5. The number of hydrogen-bond acceptors (Lipinski definition) is 4. The number of aromatic nitrogens is 4. The Kier molecular flexibility index (Phi) is 3.14. The summed E-state index contributed by atoms with van der Waals surface area (Å²) in [5, 5.41) is 0.550. The number of halogens is 1. The van der Waals surface area contributed by atoms with Crippen molar-refractivity contribution in [2.45, 2.75) is 32.9 Å². The molecule has 3 rings (SSSR count). The Morgan fingerprint density at radius 2 is 2.05 bits per heavy atom. The summed E-state index contributed by atoms with van der Waals surface area (Å²) in [6.45, 7) is 6.82. The molecule has 6 heteroatoms. The molecule has 0 fully saturated rings. The minimum atomic E-state index is 0.297. The molecule has 100 valence electrons. The van der Waals surface area contributed by atoms with Gasteiger partial charge in [-0.3, -0.25) is 0 Å². The molecule has 0 aromatic carbocycles. The topological polar surface area (TPSA) is 46.8 Å². The van der Waals surface area contributed by atoms with E-state index in [1.54, 1.807) is 0 Å². The van der Waals surface area contributed by atoms with E-state index < -0.39 is 0 Å². The fourth-order valence-electron chi connectivity index (χ4n) is 2.47. The molecule has 0 saturated carbocycles. The fourth-order valence-corrected chi connectivity index (χ4v) is 2.81. The molecule has 0 N–H and O–H groups in total. The number of rotatable bonds is 2. The molecule has 2 aromatic heterocycles. The van der Waals surface area contributed by atoms with Crippen LogP contribution >= 0.6 is 11.6 Å². The highest BCUT2D eigenvalue weighted by molar-refractivity contribution is 6.30. The van der Waals surface area contributed by atoms with Crippen LogP contribution < -0.4 is 4.90 Å². The van der Waals surface area contributed by atoms with Crippen LogP contribution in [0.5, 0.6) is 0 Å². The van der Waals surface area contributed by atoms with Crippen LogP contribution in [0.25, 0.3) is 0 Å². The second-order valence-corrected chi connectivity index (χ2v) is 5.37. The maximum atomic E-state index is 6.22. The van der Waals surface area contributed by atoms with E-state index in [-0.39, 0.29) is 0 Å². The van der Waals surface area contributed by atoms with Crippen LogP contribution in [0.15, 0.2) is 18.7 Å². The predicted octanol–water partition coefficient (Wildman–Crippen LogP) is 2.47. The van der Waals surface area contributed by atoms with Crippen molar-refractivity contribution >= 4 is 17.4 Å². The first-order valence-electron chi connectivity index (χ1n) is 6.42. The van der Waals surface area contributed by atoms with E-state index in [1.165, 1.54) is 6.33 Å². The van der Waals surface area contributed by atoms with E-state index in [1.807, 2.05) is 12.4 Å². The minimum Gasteiger partial charge on any atom is -0.347 e. The fraction of sp³-hybridized carbons (Fsp3) is 0.462. The first kappa shape index (κ1) is 12.4. The maximum Gasteiger partial charge on any atom is 0.138 e.